The molecule has 2 aliphatic rings. The quantitative estimate of drug-likeness (QED) is 0.732. The van der Waals surface area contributed by atoms with Gasteiger partial charge in [-0.3, -0.25) is 4.79 Å². The molecule has 2 fully saturated rings. The number of hydrogen-bond donors (Lipinski definition) is 1. The number of likely N-dealkylation sites (tertiary alicyclic amines) is 1. The van der Waals surface area contributed by atoms with Crippen molar-refractivity contribution in [1.82, 2.24) is 10.2 Å². The number of amides is 1. The summed E-state index contributed by atoms with van der Waals surface area (Å²) in [6.07, 6.45) is 5.00. The van der Waals surface area contributed by atoms with Gasteiger partial charge in [0.15, 0.2) is 0 Å². The van der Waals surface area contributed by atoms with Gasteiger partial charge in [-0.2, -0.15) is 0 Å². The van der Waals surface area contributed by atoms with Crippen LogP contribution in [0.25, 0.3) is 0 Å². The highest BCUT2D eigenvalue weighted by atomic mass is 16.2. The fraction of sp³-hybridized carbons (Fsp3) is 0.923. The largest absolute Gasteiger partial charge is 0.341 e. The van der Waals surface area contributed by atoms with Crippen molar-refractivity contribution in [1.29, 1.82) is 0 Å². The van der Waals surface area contributed by atoms with Crippen molar-refractivity contribution < 1.29 is 4.79 Å². The summed E-state index contributed by atoms with van der Waals surface area (Å²) in [7, 11) is 0. The van der Waals surface area contributed by atoms with Gasteiger partial charge in [0.05, 0.1) is 6.04 Å². The number of carbonyl (C=O) groups excluding carboxylic acids is 1. The van der Waals surface area contributed by atoms with Crippen LogP contribution in [0.2, 0.25) is 0 Å². The molecule has 2 rings (SSSR count). The molecular formula is C13H26N2O. The van der Waals surface area contributed by atoms with Crippen LogP contribution in [0, 0.1) is 5.92 Å². The Morgan fingerprint density at radius 2 is 2.06 bits per heavy atom. The number of rotatable bonds is 2. The van der Waals surface area contributed by atoms with Gasteiger partial charge in [-0.1, -0.05) is 33.6 Å². The molecule has 2 saturated heterocycles. The van der Waals surface area contributed by atoms with E-state index in [1.165, 1.54) is 25.7 Å². The Bertz CT molecular complexity index is 214. The van der Waals surface area contributed by atoms with Crippen molar-refractivity contribution >= 4 is 5.91 Å². The molecule has 1 N–H and O–H groups in total. The van der Waals surface area contributed by atoms with Crippen molar-refractivity contribution in [3.8, 4) is 0 Å². The molecule has 94 valence electrons. The lowest BCUT2D eigenvalue weighted by Crippen LogP contribution is -2.38. The van der Waals surface area contributed by atoms with E-state index in [1.807, 2.05) is 13.8 Å². The van der Waals surface area contributed by atoms with E-state index in [2.05, 4.69) is 17.1 Å². The molecule has 3 nitrogen and oxygen atoms in total. The van der Waals surface area contributed by atoms with Crippen molar-refractivity contribution in [3.63, 3.8) is 0 Å². The van der Waals surface area contributed by atoms with Crippen LogP contribution >= 0.6 is 0 Å². The molecule has 2 heterocycles. The van der Waals surface area contributed by atoms with E-state index in [-0.39, 0.29) is 6.04 Å². The molecule has 0 aromatic rings. The zero-order valence-electron chi connectivity index (χ0n) is 11.0. The average molecular weight is 226 g/mol. The van der Waals surface area contributed by atoms with Crippen LogP contribution in [0.1, 0.15) is 46.5 Å². The standard InChI is InChI=1S/C11H20N2O.C2H6/c1-2-9-5-3-4-6-13(8-9)11(14)10-7-12-10;1-2/h9-10,12H,2-8H2,1H3;1-2H3. The second-order valence-electron chi connectivity index (χ2n) is 4.52. The predicted octanol–water partition coefficient (Wildman–Crippen LogP) is 2.02. The summed E-state index contributed by atoms with van der Waals surface area (Å²) in [5.41, 5.74) is 0. The van der Waals surface area contributed by atoms with Crippen molar-refractivity contribution in [3.05, 3.63) is 0 Å². The number of nitrogens with one attached hydrogen (secondary N) is 1. The summed E-state index contributed by atoms with van der Waals surface area (Å²) < 4.78 is 0. The van der Waals surface area contributed by atoms with Gasteiger partial charge in [-0.05, 0) is 18.8 Å². The Kier molecular flexibility index (Phi) is 5.81. The molecule has 0 spiro atoms. The summed E-state index contributed by atoms with van der Waals surface area (Å²) in [5.74, 6) is 1.07. The third-order valence-corrected chi connectivity index (χ3v) is 3.36. The van der Waals surface area contributed by atoms with E-state index < -0.39 is 0 Å². The molecule has 2 atom stereocenters. The summed E-state index contributed by atoms with van der Waals surface area (Å²) in [4.78, 5) is 13.9. The summed E-state index contributed by atoms with van der Waals surface area (Å²) in [5, 5.41) is 3.09. The maximum Gasteiger partial charge on any atom is 0.241 e. The first kappa shape index (κ1) is 13.5. The minimum absolute atomic E-state index is 0.158. The zero-order chi connectivity index (χ0) is 12.0. The molecule has 0 radical (unpaired) electrons. The van der Waals surface area contributed by atoms with Gasteiger partial charge in [0, 0.05) is 19.6 Å². The summed E-state index contributed by atoms with van der Waals surface area (Å²) in [6, 6.07) is 0.158. The van der Waals surface area contributed by atoms with Gasteiger partial charge in [0.2, 0.25) is 5.91 Å². The molecule has 1 amide bonds. The molecule has 0 aromatic heterocycles. The second-order valence-corrected chi connectivity index (χ2v) is 4.52. The Labute approximate surface area is 99.6 Å². The summed E-state index contributed by atoms with van der Waals surface area (Å²) in [6.45, 7) is 9.10. The first-order valence-electron chi connectivity index (χ1n) is 6.83. The first-order valence-corrected chi connectivity index (χ1v) is 6.83. The first-order chi connectivity index (χ1) is 7.81. The predicted molar refractivity (Wildman–Crippen MR) is 67.4 cm³/mol. The molecule has 16 heavy (non-hydrogen) atoms. The fourth-order valence-electron chi connectivity index (χ4n) is 2.22. The summed E-state index contributed by atoms with van der Waals surface area (Å²) >= 11 is 0. The van der Waals surface area contributed by atoms with Gasteiger partial charge in [0.25, 0.3) is 0 Å². The molecule has 0 aromatic carbocycles. The lowest BCUT2D eigenvalue weighted by atomic mass is 10.0. The van der Waals surface area contributed by atoms with Crippen LogP contribution in [0.15, 0.2) is 0 Å². The molecule has 2 aliphatic heterocycles. The normalized spacial score (nSPS) is 28.8. The molecule has 0 aliphatic carbocycles. The van der Waals surface area contributed by atoms with Crippen LogP contribution in [0.3, 0.4) is 0 Å². The number of hydrogen-bond acceptors (Lipinski definition) is 2. The van der Waals surface area contributed by atoms with E-state index >= 15 is 0 Å². The van der Waals surface area contributed by atoms with Crippen LogP contribution in [0.5, 0.6) is 0 Å². The highest BCUT2D eigenvalue weighted by Gasteiger charge is 2.33. The van der Waals surface area contributed by atoms with E-state index in [9.17, 15) is 4.79 Å². The highest BCUT2D eigenvalue weighted by Crippen LogP contribution is 2.20. The third-order valence-electron chi connectivity index (χ3n) is 3.36. The molecule has 0 saturated carbocycles. The number of nitrogens with zero attached hydrogens (tertiary/aromatic N) is 1. The van der Waals surface area contributed by atoms with Crippen molar-refractivity contribution in [2.45, 2.75) is 52.5 Å². The lowest BCUT2D eigenvalue weighted by molar-refractivity contribution is -0.131. The van der Waals surface area contributed by atoms with Crippen LogP contribution in [-0.2, 0) is 4.79 Å². The second kappa shape index (κ2) is 6.89. The van der Waals surface area contributed by atoms with Gasteiger partial charge in [0.1, 0.15) is 0 Å². The molecule has 2 unspecified atom stereocenters. The van der Waals surface area contributed by atoms with Gasteiger partial charge in [-0.15, -0.1) is 0 Å². The molecule has 0 bridgehead atoms. The van der Waals surface area contributed by atoms with Crippen molar-refractivity contribution in [2.24, 2.45) is 5.92 Å². The lowest BCUT2D eigenvalue weighted by Gasteiger charge is -2.23. The van der Waals surface area contributed by atoms with E-state index in [1.54, 1.807) is 0 Å². The fourth-order valence-corrected chi connectivity index (χ4v) is 2.22. The van der Waals surface area contributed by atoms with E-state index in [0.717, 1.165) is 25.6 Å². The van der Waals surface area contributed by atoms with Crippen LogP contribution < -0.4 is 5.32 Å². The van der Waals surface area contributed by atoms with Crippen LogP contribution in [0.4, 0.5) is 0 Å². The Morgan fingerprint density at radius 3 is 2.62 bits per heavy atom. The topological polar surface area (TPSA) is 42.2 Å². The highest BCUT2D eigenvalue weighted by molar-refractivity contribution is 5.84. The van der Waals surface area contributed by atoms with Crippen LogP contribution in [-0.4, -0.2) is 36.5 Å². The minimum atomic E-state index is 0.158. The van der Waals surface area contributed by atoms with Crippen molar-refractivity contribution in [2.75, 3.05) is 19.6 Å². The Hall–Kier alpha value is -0.570. The Morgan fingerprint density at radius 1 is 1.38 bits per heavy atom. The average Bonchev–Trinajstić information content (AvgIpc) is 3.17. The maximum atomic E-state index is 11.8. The maximum absolute atomic E-state index is 11.8. The smallest absolute Gasteiger partial charge is 0.241 e. The SMILES string of the molecule is CC.CCC1CCCCN(C(=O)C2CN2)C1. The molecule has 3 heteroatoms. The third kappa shape index (κ3) is 3.78. The Balaban J connectivity index is 0.000000606. The zero-order valence-corrected chi connectivity index (χ0v) is 11.0. The monoisotopic (exact) mass is 226 g/mol. The van der Waals surface area contributed by atoms with Gasteiger partial charge in [-0.25, -0.2) is 0 Å². The van der Waals surface area contributed by atoms with Gasteiger partial charge >= 0.3 is 0 Å². The number of carbonyl (C=O) groups is 1. The van der Waals surface area contributed by atoms with E-state index in [4.69, 9.17) is 0 Å². The van der Waals surface area contributed by atoms with E-state index in [0.29, 0.717) is 5.91 Å². The molecular weight excluding hydrogens is 200 g/mol. The van der Waals surface area contributed by atoms with Gasteiger partial charge < -0.3 is 10.2 Å². The minimum Gasteiger partial charge on any atom is -0.341 e.